The van der Waals surface area contributed by atoms with Crippen LogP contribution in [-0.2, 0) is 12.8 Å². The summed E-state index contributed by atoms with van der Waals surface area (Å²) in [6.45, 7) is 9.62. The van der Waals surface area contributed by atoms with E-state index in [9.17, 15) is 4.79 Å². The molecule has 0 bridgehead atoms. The number of fused-ring (bicyclic) bond motifs is 1. The van der Waals surface area contributed by atoms with Crippen LogP contribution in [0.2, 0.25) is 0 Å². The first-order valence-corrected chi connectivity index (χ1v) is 11.7. The molecule has 5 heteroatoms. The first-order chi connectivity index (χ1) is 14.2. The molecule has 0 atom stereocenters. The molecule has 1 aliphatic carbocycles. The highest BCUT2D eigenvalue weighted by Gasteiger charge is 2.28. The minimum atomic E-state index is 0.175. The van der Waals surface area contributed by atoms with E-state index in [4.69, 9.17) is 4.74 Å². The van der Waals surface area contributed by atoms with Crippen LogP contribution in [0.1, 0.15) is 57.1 Å². The SMILES string of the molecule is CCN(CC)C(=O)N1CCC(Oc2ccc3c(c2)CCN(C2CCC2)CC3)CC1. The number of amides is 2. The molecule has 1 saturated carbocycles. The molecule has 1 saturated heterocycles. The van der Waals surface area contributed by atoms with Crippen LogP contribution in [0, 0.1) is 0 Å². The zero-order valence-corrected chi connectivity index (χ0v) is 18.2. The highest BCUT2D eigenvalue weighted by atomic mass is 16.5. The summed E-state index contributed by atoms with van der Waals surface area (Å²) >= 11 is 0. The lowest BCUT2D eigenvalue weighted by molar-refractivity contribution is 0.0963. The van der Waals surface area contributed by atoms with E-state index in [-0.39, 0.29) is 12.1 Å². The molecule has 3 aliphatic rings. The second kappa shape index (κ2) is 9.38. The summed E-state index contributed by atoms with van der Waals surface area (Å²) in [5.41, 5.74) is 2.97. The van der Waals surface area contributed by atoms with E-state index in [0.717, 1.165) is 63.7 Å². The fourth-order valence-corrected chi connectivity index (χ4v) is 4.96. The molecule has 2 amide bonds. The zero-order valence-electron chi connectivity index (χ0n) is 18.2. The van der Waals surface area contributed by atoms with Crippen molar-refractivity contribution in [3.63, 3.8) is 0 Å². The Morgan fingerprint density at radius 3 is 2.31 bits per heavy atom. The van der Waals surface area contributed by atoms with Gasteiger partial charge in [0.05, 0.1) is 0 Å². The van der Waals surface area contributed by atoms with Gasteiger partial charge in [-0.25, -0.2) is 4.79 Å². The summed E-state index contributed by atoms with van der Waals surface area (Å²) in [6.07, 6.45) is 8.54. The van der Waals surface area contributed by atoms with E-state index in [2.05, 4.69) is 23.1 Å². The van der Waals surface area contributed by atoms with Gasteiger partial charge >= 0.3 is 6.03 Å². The van der Waals surface area contributed by atoms with Crippen LogP contribution < -0.4 is 4.74 Å². The zero-order chi connectivity index (χ0) is 20.2. The van der Waals surface area contributed by atoms with Gasteiger partial charge in [0.15, 0.2) is 0 Å². The molecule has 5 nitrogen and oxygen atoms in total. The Labute approximate surface area is 176 Å². The van der Waals surface area contributed by atoms with E-state index in [0.29, 0.717) is 0 Å². The Balaban J connectivity index is 1.30. The quantitative estimate of drug-likeness (QED) is 0.752. The molecule has 29 heavy (non-hydrogen) atoms. The van der Waals surface area contributed by atoms with Gasteiger partial charge in [-0.15, -0.1) is 0 Å². The number of carbonyl (C=O) groups is 1. The number of urea groups is 1. The van der Waals surface area contributed by atoms with Crippen LogP contribution in [0.15, 0.2) is 18.2 Å². The third-order valence-electron chi connectivity index (χ3n) is 7.15. The molecule has 1 aromatic rings. The second-order valence-corrected chi connectivity index (χ2v) is 8.81. The van der Waals surface area contributed by atoms with Crippen LogP contribution in [0.4, 0.5) is 4.79 Å². The van der Waals surface area contributed by atoms with Crippen LogP contribution in [0.3, 0.4) is 0 Å². The van der Waals surface area contributed by atoms with Crippen molar-refractivity contribution in [3.8, 4) is 5.75 Å². The van der Waals surface area contributed by atoms with Crippen molar-refractivity contribution in [1.29, 1.82) is 0 Å². The first kappa shape index (κ1) is 20.5. The highest BCUT2D eigenvalue weighted by molar-refractivity contribution is 5.74. The van der Waals surface area contributed by atoms with Crippen LogP contribution in [-0.4, -0.2) is 72.1 Å². The van der Waals surface area contributed by atoms with Crippen molar-refractivity contribution in [2.24, 2.45) is 0 Å². The average molecular weight is 400 g/mol. The number of hydrogen-bond acceptors (Lipinski definition) is 3. The Bertz CT molecular complexity index is 691. The summed E-state index contributed by atoms with van der Waals surface area (Å²) in [5.74, 6) is 1.01. The lowest BCUT2D eigenvalue weighted by Crippen LogP contribution is -2.48. The van der Waals surface area contributed by atoms with Crippen molar-refractivity contribution >= 4 is 6.03 Å². The number of piperidine rings is 1. The highest BCUT2D eigenvalue weighted by Crippen LogP contribution is 2.29. The maximum atomic E-state index is 12.5. The van der Waals surface area contributed by atoms with Gasteiger partial charge in [-0.2, -0.15) is 0 Å². The number of benzene rings is 1. The van der Waals surface area contributed by atoms with Crippen molar-refractivity contribution in [3.05, 3.63) is 29.3 Å². The Hall–Kier alpha value is -1.75. The monoisotopic (exact) mass is 399 g/mol. The lowest BCUT2D eigenvalue weighted by Gasteiger charge is -2.36. The normalized spacial score (nSPS) is 21.2. The van der Waals surface area contributed by atoms with Crippen LogP contribution in [0.25, 0.3) is 0 Å². The maximum absolute atomic E-state index is 12.5. The number of nitrogens with zero attached hydrogens (tertiary/aromatic N) is 3. The van der Waals surface area contributed by atoms with Gasteiger partial charge in [0.25, 0.3) is 0 Å². The minimum Gasteiger partial charge on any atom is -0.490 e. The van der Waals surface area contributed by atoms with E-state index < -0.39 is 0 Å². The van der Waals surface area contributed by atoms with Crippen LogP contribution in [0.5, 0.6) is 5.75 Å². The van der Waals surface area contributed by atoms with Gasteiger partial charge in [-0.3, -0.25) is 4.90 Å². The smallest absolute Gasteiger partial charge is 0.319 e. The summed E-state index contributed by atoms with van der Waals surface area (Å²) < 4.78 is 6.34. The molecule has 0 N–H and O–H groups in total. The van der Waals surface area contributed by atoms with Crippen molar-refractivity contribution < 1.29 is 9.53 Å². The molecule has 160 valence electrons. The first-order valence-electron chi connectivity index (χ1n) is 11.7. The van der Waals surface area contributed by atoms with Crippen molar-refractivity contribution in [1.82, 2.24) is 14.7 Å². The molecular formula is C24H37N3O2. The fourth-order valence-electron chi connectivity index (χ4n) is 4.96. The molecular weight excluding hydrogens is 362 g/mol. The number of likely N-dealkylation sites (tertiary alicyclic amines) is 1. The number of ether oxygens (including phenoxy) is 1. The summed E-state index contributed by atoms with van der Waals surface area (Å²) in [5, 5.41) is 0. The molecule has 4 rings (SSSR count). The lowest BCUT2D eigenvalue weighted by atomic mass is 9.91. The van der Waals surface area contributed by atoms with Gasteiger partial charge in [0.1, 0.15) is 11.9 Å². The van der Waals surface area contributed by atoms with Gasteiger partial charge < -0.3 is 14.5 Å². The molecule has 0 spiro atoms. The summed E-state index contributed by atoms with van der Waals surface area (Å²) in [6, 6.07) is 7.74. The van der Waals surface area contributed by atoms with E-state index in [1.165, 1.54) is 43.5 Å². The molecule has 0 aromatic heterocycles. The average Bonchev–Trinajstić information content (AvgIpc) is 2.91. The van der Waals surface area contributed by atoms with Crippen molar-refractivity contribution in [2.75, 3.05) is 39.3 Å². The fraction of sp³-hybridized carbons (Fsp3) is 0.708. The molecule has 2 aliphatic heterocycles. The topological polar surface area (TPSA) is 36.0 Å². The third-order valence-corrected chi connectivity index (χ3v) is 7.15. The minimum absolute atomic E-state index is 0.175. The Kier molecular flexibility index (Phi) is 6.63. The molecule has 0 unspecified atom stereocenters. The predicted molar refractivity (Wildman–Crippen MR) is 117 cm³/mol. The van der Waals surface area contributed by atoms with Crippen molar-refractivity contribution in [2.45, 2.75) is 70.9 Å². The standard InChI is InChI=1S/C24H37N3O2/c1-3-25(4-2)24(28)27-16-12-22(13-17-27)29-23-9-8-19-10-14-26(21-6-5-7-21)15-11-20(19)18-23/h8-9,18,21-22H,3-7,10-17H2,1-2H3. The molecule has 1 aromatic carbocycles. The van der Waals surface area contributed by atoms with E-state index >= 15 is 0 Å². The molecule has 2 heterocycles. The second-order valence-electron chi connectivity index (χ2n) is 8.81. The molecule has 0 radical (unpaired) electrons. The number of hydrogen-bond donors (Lipinski definition) is 0. The Morgan fingerprint density at radius 2 is 1.69 bits per heavy atom. The largest absolute Gasteiger partial charge is 0.490 e. The van der Waals surface area contributed by atoms with E-state index in [1.54, 1.807) is 0 Å². The number of carbonyl (C=O) groups excluding carboxylic acids is 1. The van der Waals surface area contributed by atoms with Gasteiger partial charge in [-0.05, 0) is 62.8 Å². The Morgan fingerprint density at radius 1 is 1.00 bits per heavy atom. The number of rotatable bonds is 5. The third kappa shape index (κ3) is 4.71. The van der Waals surface area contributed by atoms with Gasteiger partial charge in [0.2, 0.25) is 0 Å². The van der Waals surface area contributed by atoms with Gasteiger partial charge in [0, 0.05) is 58.2 Å². The van der Waals surface area contributed by atoms with E-state index in [1.807, 2.05) is 23.6 Å². The van der Waals surface area contributed by atoms with Gasteiger partial charge in [-0.1, -0.05) is 12.5 Å². The predicted octanol–water partition coefficient (Wildman–Crippen LogP) is 3.94. The molecule has 2 fully saturated rings. The van der Waals surface area contributed by atoms with Crippen LogP contribution >= 0.6 is 0 Å². The maximum Gasteiger partial charge on any atom is 0.319 e. The summed E-state index contributed by atoms with van der Waals surface area (Å²) in [4.78, 5) is 19.1. The summed E-state index contributed by atoms with van der Waals surface area (Å²) in [7, 11) is 0.